The number of halogens is 3. The Morgan fingerprint density at radius 1 is 1.17 bits per heavy atom. The van der Waals surface area contributed by atoms with Crippen LogP contribution in [0.1, 0.15) is 18.4 Å². The number of nitrogen functional groups attached to an aromatic ring is 1. The van der Waals surface area contributed by atoms with E-state index in [9.17, 15) is 13.2 Å². The highest BCUT2D eigenvalue weighted by Gasteiger charge is 2.35. The Morgan fingerprint density at radius 2 is 1.78 bits per heavy atom. The molecule has 3 nitrogen and oxygen atoms in total. The monoisotopic (exact) mass is 259 g/mol. The Balaban J connectivity index is 2.32. The predicted octanol–water partition coefficient (Wildman–Crippen LogP) is 2.22. The average Bonchev–Trinajstić information content (AvgIpc) is 2.29. The summed E-state index contributed by atoms with van der Waals surface area (Å²) in [5, 5.41) is 0. The molecule has 0 aliphatic carbocycles. The second-order valence-electron chi connectivity index (χ2n) is 4.60. The molecule has 2 rings (SSSR count). The molecule has 1 aliphatic rings. The average molecular weight is 259 g/mol. The van der Waals surface area contributed by atoms with E-state index in [4.69, 9.17) is 11.5 Å². The third-order valence-electron chi connectivity index (χ3n) is 3.21. The summed E-state index contributed by atoms with van der Waals surface area (Å²) < 4.78 is 38.9. The molecule has 4 N–H and O–H groups in total. The minimum atomic E-state index is -4.38. The summed E-state index contributed by atoms with van der Waals surface area (Å²) in [6, 6.07) is 4.02. The molecular formula is C12H16F3N3. The number of nitrogens with two attached hydrogens (primary N) is 2. The lowest BCUT2D eigenvalue weighted by Crippen LogP contribution is -2.40. The van der Waals surface area contributed by atoms with E-state index in [1.165, 1.54) is 12.1 Å². The fraction of sp³-hybridized carbons (Fsp3) is 0.500. The molecule has 0 spiro atoms. The van der Waals surface area contributed by atoms with Gasteiger partial charge in [-0.05, 0) is 31.0 Å². The topological polar surface area (TPSA) is 55.3 Å². The maximum Gasteiger partial charge on any atom is 0.418 e. The van der Waals surface area contributed by atoms with Crippen molar-refractivity contribution in [3.05, 3.63) is 23.8 Å². The van der Waals surface area contributed by atoms with Crippen LogP contribution in [-0.2, 0) is 6.18 Å². The maximum absolute atomic E-state index is 13.0. The molecule has 0 atom stereocenters. The highest BCUT2D eigenvalue weighted by atomic mass is 19.4. The van der Waals surface area contributed by atoms with Crippen LogP contribution in [0.15, 0.2) is 18.2 Å². The first-order chi connectivity index (χ1) is 8.38. The summed E-state index contributed by atoms with van der Waals surface area (Å²) in [5.41, 5.74) is 10.8. The molecule has 0 amide bonds. The lowest BCUT2D eigenvalue weighted by Gasteiger charge is -2.33. The van der Waals surface area contributed by atoms with Crippen molar-refractivity contribution in [1.29, 1.82) is 0 Å². The van der Waals surface area contributed by atoms with Crippen LogP contribution in [0.4, 0.5) is 24.5 Å². The van der Waals surface area contributed by atoms with E-state index in [1.807, 2.05) is 0 Å². The maximum atomic E-state index is 13.0. The second kappa shape index (κ2) is 4.68. The van der Waals surface area contributed by atoms with Gasteiger partial charge in [0.15, 0.2) is 0 Å². The van der Waals surface area contributed by atoms with Crippen LogP contribution in [0.3, 0.4) is 0 Å². The Morgan fingerprint density at radius 3 is 2.33 bits per heavy atom. The van der Waals surface area contributed by atoms with Crippen molar-refractivity contribution in [1.82, 2.24) is 0 Å². The van der Waals surface area contributed by atoms with E-state index in [1.54, 1.807) is 4.90 Å². The van der Waals surface area contributed by atoms with Crippen molar-refractivity contribution < 1.29 is 13.2 Å². The van der Waals surface area contributed by atoms with Crippen LogP contribution in [0, 0.1) is 0 Å². The van der Waals surface area contributed by atoms with Crippen molar-refractivity contribution in [3.8, 4) is 0 Å². The molecule has 1 heterocycles. The Labute approximate surface area is 104 Å². The summed E-state index contributed by atoms with van der Waals surface area (Å²) in [6.45, 7) is 1.10. The summed E-state index contributed by atoms with van der Waals surface area (Å²) in [5.74, 6) is 0. The van der Waals surface area contributed by atoms with Gasteiger partial charge in [-0.3, -0.25) is 0 Å². The van der Waals surface area contributed by atoms with E-state index < -0.39 is 11.7 Å². The van der Waals surface area contributed by atoms with E-state index in [0.29, 0.717) is 25.9 Å². The highest BCUT2D eigenvalue weighted by Crippen LogP contribution is 2.38. The summed E-state index contributed by atoms with van der Waals surface area (Å²) in [7, 11) is 0. The molecule has 1 aliphatic heterocycles. The molecule has 0 unspecified atom stereocenters. The van der Waals surface area contributed by atoms with E-state index in [0.717, 1.165) is 6.07 Å². The normalized spacial score (nSPS) is 18.1. The molecule has 0 radical (unpaired) electrons. The Kier molecular flexibility index (Phi) is 3.38. The van der Waals surface area contributed by atoms with Crippen LogP contribution in [-0.4, -0.2) is 19.1 Å². The lowest BCUT2D eigenvalue weighted by atomic mass is 10.0. The summed E-state index contributed by atoms with van der Waals surface area (Å²) >= 11 is 0. The molecule has 0 aromatic heterocycles. The van der Waals surface area contributed by atoms with Gasteiger partial charge >= 0.3 is 6.18 Å². The van der Waals surface area contributed by atoms with Gasteiger partial charge in [-0.1, -0.05) is 0 Å². The van der Waals surface area contributed by atoms with Gasteiger partial charge < -0.3 is 16.4 Å². The SMILES string of the molecule is Nc1ccc(N2CCC(N)CC2)c(C(F)(F)F)c1. The van der Waals surface area contributed by atoms with Crippen molar-refractivity contribution in [2.24, 2.45) is 5.73 Å². The zero-order valence-corrected chi connectivity index (χ0v) is 9.87. The van der Waals surface area contributed by atoms with Crippen molar-refractivity contribution in [2.45, 2.75) is 25.1 Å². The Hall–Kier alpha value is -1.43. The van der Waals surface area contributed by atoms with Crippen molar-refractivity contribution in [2.75, 3.05) is 23.7 Å². The molecule has 0 saturated carbocycles. The van der Waals surface area contributed by atoms with Gasteiger partial charge in [0.2, 0.25) is 0 Å². The molecule has 1 aromatic rings. The minimum absolute atomic E-state index is 0.0874. The molecule has 1 fully saturated rings. The molecule has 1 aromatic carbocycles. The number of hydrogen-bond acceptors (Lipinski definition) is 3. The minimum Gasteiger partial charge on any atom is -0.399 e. The Bertz CT molecular complexity index is 423. The molecule has 18 heavy (non-hydrogen) atoms. The van der Waals surface area contributed by atoms with E-state index >= 15 is 0 Å². The number of hydrogen-bond donors (Lipinski definition) is 2. The molecular weight excluding hydrogens is 243 g/mol. The van der Waals surface area contributed by atoms with Gasteiger partial charge in [-0.2, -0.15) is 13.2 Å². The van der Waals surface area contributed by atoms with Crippen LogP contribution in [0.5, 0.6) is 0 Å². The molecule has 1 saturated heterocycles. The fourth-order valence-electron chi connectivity index (χ4n) is 2.20. The number of benzene rings is 1. The summed E-state index contributed by atoms with van der Waals surface area (Å²) in [4.78, 5) is 1.73. The van der Waals surface area contributed by atoms with Gasteiger partial charge in [-0.15, -0.1) is 0 Å². The van der Waals surface area contributed by atoms with Crippen LogP contribution >= 0.6 is 0 Å². The van der Waals surface area contributed by atoms with Crippen LogP contribution in [0.2, 0.25) is 0 Å². The first-order valence-corrected chi connectivity index (χ1v) is 5.85. The third-order valence-corrected chi connectivity index (χ3v) is 3.21. The first kappa shape index (κ1) is 13.0. The zero-order valence-electron chi connectivity index (χ0n) is 9.87. The lowest BCUT2D eigenvalue weighted by molar-refractivity contribution is -0.137. The molecule has 0 bridgehead atoms. The standard InChI is InChI=1S/C12H16F3N3/c13-12(14,15)10-7-9(17)1-2-11(10)18-5-3-8(16)4-6-18/h1-2,7-8H,3-6,16-17H2. The van der Waals surface area contributed by atoms with E-state index in [-0.39, 0.29) is 17.4 Å². The third kappa shape index (κ3) is 2.69. The second-order valence-corrected chi connectivity index (χ2v) is 4.60. The van der Waals surface area contributed by atoms with Crippen molar-refractivity contribution >= 4 is 11.4 Å². The fourth-order valence-corrected chi connectivity index (χ4v) is 2.20. The van der Waals surface area contributed by atoms with Gasteiger partial charge in [0.25, 0.3) is 0 Å². The van der Waals surface area contributed by atoms with Crippen LogP contribution < -0.4 is 16.4 Å². The highest BCUT2D eigenvalue weighted by molar-refractivity contribution is 5.61. The zero-order chi connectivity index (χ0) is 13.3. The van der Waals surface area contributed by atoms with Gasteiger partial charge in [0.05, 0.1) is 5.56 Å². The molecule has 100 valence electrons. The number of alkyl halides is 3. The van der Waals surface area contributed by atoms with Crippen LogP contribution in [0.25, 0.3) is 0 Å². The van der Waals surface area contributed by atoms with Gasteiger partial charge in [0, 0.05) is 30.5 Å². The predicted molar refractivity (Wildman–Crippen MR) is 65.3 cm³/mol. The quantitative estimate of drug-likeness (QED) is 0.760. The van der Waals surface area contributed by atoms with Gasteiger partial charge in [0.1, 0.15) is 0 Å². The smallest absolute Gasteiger partial charge is 0.399 e. The summed E-state index contributed by atoms with van der Waals surface area (Å²) in [6.07, 6.45) is -2.96. The molecule has 6 heteroatoms. The first-order valence-electron chi connectivity index (χ1n) is 5.85. The van der Waals surface area contributed by atoms with Gasteiger partial charge in [-0.25, -0.2) is 0 Å². The van der Waals surface area contributed by atoms with E-state index in [2.05, 4.69) is 0 Å². The largest absolute Gasteiger partial charge is 0.418 e. The van der Waals surface area contributed by atoms with Crippen molar-refractivity contribution in [3.63, 3.8) is 0 Å². The number of anilines is 2. The number of nitrogens with zero attached hydrogens (tertiary/aromatic N) is 1. The number of piperidine rings is 1. The number of rotatable bonds is 1.